The van der Waals surface area contributed by atoms with Crippen molar-refractivity contribution in [3.8, 4) is 0 Å². The van der Waals surface area contributed by atoms with E-state index in [0.717, 1.165) is 5.56 Å². The van der Waals surface area contributed by atoms with Gasteiger partial charge in [0.1, 0.15) is 12.6 Å². The van der Waals surface area contributed by atoms with Gasteiger partial charge in [-0.3, -0.25) is 9.69 Å². The van der Waals surface area contributed by atoms with Crippen LogP contribution in [-0.2, 0) is 25.7 Å². The topological polar surface area (TPSA) is 84.9 Å². The maximum Gasteiger partial charge on any atom is 0.411 e. The number of hydrogen-bond donors (Lipinski definition) is 1. The number of nitrogens with one attached hydrogen (secondary N) is 1. The number of rotatable bonds is 3. The van der Waals surface area contributed by atoms with Crippen LogP contribution in [-0.4, -0.2) is 48.6 Å². The van der Waals surface area contributed by atoms with E-state index in [1.807, 2.05) is 30.3 Å². The second-order valence-electron chi connectivity index (χ2n) is 5.34. The van der Waals surface area contributed by atoms with Crippen molar-refractivity contribution in [2.24, 2.45) is 0 Å². The summed E-state index contributed by atoms with van der Waals surface area (Å²) in [6, 6.07) is 8.31. The van der Waals surface area contributed by atoms with Crippen LogP contribution in [0.2, 0.25) is 0 Å². The fourth-order valence-corrected chi connectivity index (χ4v) is 2.71. The number of methoxy groups -OCH3 is 1. The van der Waals surface area contributed by atoms with Crippen LogP contribution in [0.25, 0.3) is 0 Å². The van der Waals surface area contributed by atoms with Crippen LogP contribution in [0.3, 0.4) is 0 Å². The Morgan fingerprint density at radius 1 is 1.35 bits per heavy atom. The highest BCUT2D eigenvalue weighted by molar-refractivity contribution is 5.96. The lowest BCUT2D eigenvalue weighted by atomic mass is 9.96. The molecule has 2 amide bonds. The molecular weight excluding hydrogens is 300 g/mol. The van der Waals surface area contributed by atoms with Crippen LogP contribution >= 0.6 is 0 Å². The van der Waals surface area contributed by atoms with Crippen molar-refractivity contribution in [2.75, 3.05) is 13.7 Å². The van der Waals surface area contributed by atoms with Gasteiger partial charge in [-0.1, -0.05) is 30.3 Å². The van der Waals surface area contributed by atoms with E-state index in [1.54, 1.807) is 0 Å². The summed E-state index contributed by atoms with van der Waals surface area (Å²) >= 11 is 0. The molecule has 0 aliphatic carbocycles. The Kier molecular flexibility index (Phi) is 4.01. The largest absolute Gasteiger partial charge is 0.466 e. The molecule has 0 unspecified atom stereocenters. The minimum Gasteiger partial charge on any atom is -0.466 e. The monoisotopic (exact) mass is 316 g/mol. The third-order valence-electron chi connectivity index (χ3n) is 3.91. The highest BCUT2D eigenvalue weighted by Gasteiger charge is 2.53. The average Bonchev–Trinajstić information content (AvgIpc) is 2.85. The Hall–Kier alpha value is -2.83. The molecule has 2 atom stereocenters. The fourth-order valence-electron chi connectivity index (χ4n) is 2.71. The first kappa shape index (κ1) is 15.1. The van der Waals surface area contributed by atoms with Crippen molar-refractivity contribution in [3.05, 3.63) is 47.5 Å². The van der Waals surface area contributed by atoms with Gasteiger partial charge in [0.2, 0.25) is 5.91 Å². The number of ether oxygens (including phenoxy) is 2. The Balaban J connectivity index is 1.67. The first-order valence-corrected chi connectivity index (χ1v) is 7.16. The molecule has 23 heavy (non-hydrogen) atoms. The number of hydrogen-bond acceptors (Lipinski definition) is 5. The number of esters is 1. The second-order valence-corrected chi connectivity index (χ2v) is 5.34. The second kappa shape index (κ2) is 6.12. The number of amides is 2. The summed E-state index contributed by atoms with van der Waals surface area (Å²) in [4.78, 5) is 36.6. The molecule has 1 aromatic carbocycles. The summed E-state index contributed by atoms with van der Waals surface area (Å²) in [6.45, 7) is 0.294. The van der Waals surface area contributed by atoms with Gasteiger partial charge in [0.15, 0.2) is 0 Å². The van der Waals surface area contributed by atoms with Crippen LogP contribution in [0.4, 0.5) is 4.79 Å². The molecule has 1 aromatic rings. The molecule has 2 aliphatic heterocycles. The van der Waals surface area contributed by atoms with Gasteiger partial charge < -0.3 is 14.8 Å². The van der Waals surface area contributed by atoms with Gasteiger partial charge >= 0.3 is 12.1 Å². The van der Waals surface area contributed by atoms with Gasteiger partial charge in [0, 0.05) is 12.6 Å². The predicted octanol–water partition coefficient (Wildman–Crippen LogP) is 0.605. The summed E-state index contributed by atoms with van der Waals surface area (Å²) in [5.74, 6) is -0.765. The van der Waals surface area contributed by atoms with Crippen LogP contribution in [0, 0.1) is 0 Å². The number of carbonyl (C=O) groups excluding carboxylic acids is 3. The Morgan fingerprint density at radius 3 is 2.74 bits per heavy atom. The zero-order chi connectivity index (χ0) is 16.4. The lowest BCUT2D eigenvalue weighted by molar-refractivity contribution is -0.135. The van der Waals surface area contributed by atoms with E-state index < -0.39 is 18.1 Å². The molecule has 120 valence electrons. The van der Waals surface area contributed by atoms with Crippen molar-refractivity contribution >= 4 is 18.0 Å². The van der Waals surface area contributed by atoms with Crippen LogP contribution in [0.5, 0.6) is 0 Å². The number of carbonyl (C=O) groups is 3. The van der Waals surface area contributed by atoms with Gasteiger partial charge in [-0.05, 0) is 11.1 Å². The minimum atomic E-state index is -0.617. The molecule has 0 aromatic heterocycles. The SMILES string of the molecule is COC(=O)C=C1CN(C(=O)OCc2ccccc2)[C@@H]2C(=O)N[C@H]12. The lowest BCUT2D eigenvalue weighted by Crippen LogP contribution is -2.65. The van der Waals surface area contributed by atoms with Gasteiger partial charge in [-0.2, -0.15) is 0 Å². The molecule has 0 saturated carbocycles. The summed E-state index contributed by atoms with van der Waals surface area (Å²) in [5.41, 5.74) is 1.50. The minimum absolute atomic E-state index is 0.130. The summed E-state index contributed by atoms with van der Waals surface area (Å²) in [7, 11) is 1.27. The van der Waals surface area contributed by atoms with E-state index >= 15 is 0 Å². The molecule has 7 nitrogen and oxygen atoms in total. The Labute approximate surface area is 132 Å². The average molecular weight is 316 g/mol. The molecule has 0 spiro atoms. The van der Waals surface area contributed by atoms with E-state index in [9.17, 15) is 14.4 Å². The van der Waals surface area contributed by atoms with E-state index in [4.69, 9.17) is 4.74 Å². The van der Waals surface area contributed by atoms with Crippen molar-refractivity contribution in [1.29, 1.82) is 0 Å². The van der Waals surface area contributed by atoms with E-state index in [0.29, 0.717) is 5.57 Å². The standard InChI is InChI=1S/C16H16N2O5/c1-22-12(19)7-11-8-18(14-13(11)17-15(14)20)16(21)23-9-10-5-3-2-4-6-10/h2-7,13-14H,8-9H2,1H3,(H,17,20)/t13-,14+/m1/s1. The third-order valence-corrected chi connectivity index (χ3v) is 3.91. The predicted molar refractivity (Wildman–Crippen MR) is 79.2 cm³/mol. The maximum atomic E-state index is 12.2. The molecule has 2 saturated heterocycles. The van der Waals surface area contributed by atoms with E-state index in [-0.39, 0.29) is 25.1 Å². The molecule has 1 N–H and O–H groups in total. The normalized spacial score (nSPS) is 23.8. The van der Waals surface area contributed by atoms with Crippen LogP contribution < -0.4 is 5.32 Å². The number of β-lactam (4-membered cyclic amide) rings is 1. The summed E-state index contributed by atoms with van der Waals surface area (Å²) in [5, 5.41) is 2.68. The molecule has 0 bridgehead atoms. The van der Waals surface area contributed by atoms with Gasteiger partial charge in [0.25, 0.3) is 0 Å². The zero-order valence-electron chi connectivity index (χ0n) is 12.5. The third kappa shape index (κ3) is 2.90. The van der Waals surface area contributed by atoms with Gasteiger partial charge in [0.05, 0.1) is 13.2 Å². The highest BCUT2D eigenvalue weighted by atomic mass is 16.6. The number of nitrogens with zero attached hydrogens (tertiary/aromatic N) is 1. The van der Waals surface area contributed by atoms with E-state index in [2.05, 4.69) is 10.1 Å². The number of likely N-dealkylation sites (tertiary alicyclic amines) is 1. The van der Waals surface area contributed by atoms with Gasteiger partial charge in [-0.15, -0.1) is 0 Å². The van der Waals surface area contributed by atoms with E-state index in [1.165, 1.54) is 18.1 Å². The molecule has 0 radical (unpaired) electrons. The Morgan fingerprint density at radius 2 is 2.09 bits per heavy atom. The highest BCUT2D eigenvalue weighted by Crippen LogP contribution is 2.30. The fraction of sp³-hybridized carbons (Fsp3) is 0.312. The Bertz CT molecular complexity index is 670. The van der Waals surface area contributed by atoms with Crippen LogP contribution in [0.1, 0.15) is 5.56 Å². The zero-order valence-corrected chi connectivity index (χ0v) is 12.5. The van der Waals surface area contributed by atoms with Crippen molar-refractivity contribution in [2.45, 2.75) is 18.7 Å². The smallest absolute Gasteiger partial charge is 0.411 e. The molecule has 2 aliphatic rings. The summed E-state index contributed by atoms with van der Waals surface area (Å²) < 4.78 is 9.84. The molecule has 7 heteroatoms. The van der Waals surface area contributed by atoms with Gasteiger partial charge in [-0.25, -0.2) is 9.59 Å². The first-order chi connectivity index (χ1) is 11.1. The first-order valence-electron chi connectivity index (χ1n) is 7.16. The maximum absolute atomic E-state index is 12.2. The molecular formula is C16H16N2O5. The van der Waals surface area contributed by atoms with Crippen molar-refractivity contribution in [1.82, 2.24) is 10.2 Å². The molecule has 3 rings (SSSR count). The summed E-state index contributed by atoms with van der Waals surface area (Å²) in [6.07, 6.45) is 0.730. The molecule has 2 heterocycles. The number of benzene rings is 1. The lowest BCUT2D eigenvalue weighted by Gasteiger charge is -2.34. The van der Waals surface area contributed by atoms with Crippen molar-refractivity contribution < 1.29 is 23.9 Å². The van der Waals surface area contributed by atoms with Crippen molar-refractivity contribution in [3.63, 3.8) is 0 Å². The number of fused-ring (bicyclic) bond motifs is 1. The quantitative estimate of drug-likeness (QED) is 0.501. The van der Waals surface area contributed by atoms with Crippen LogP contribution in [0.15, 0.2) is 42.0 Å². The molecule has 2 fully saturated rings.